The molecule has 6 heteroatoms. The highest BCUT2D eigenvalue weighted by atomic mass is 79.9. The fourth-order valence-corrected chi connectivity index (χ4v) is 11.6. The molecular formula is C75H53BrN2O3. The van der Waals surface area contributed by atoms with Crippen LogP contribution in [-0.2, 0) is 11.2 Å². The van der Waals surface area contributed by atoms with Gasteiger partial charge in [0.1, 0.15) is 17.8 Å². The van der Waals surface area contributed by atoms with E-state index in [4.69, 9.17) is 9.47 Å². The zero-order valence-electron chi connectivity index (χ0n) is 44.1. The minimum absolute atomic E-state index is 0.638. The number of anilines is 6. The molecule has 0 aromatic heterocycles. The number of para-hydroxylation sites is 4. The average Bonchev–Trinajstić information content (AvgIpc) is 3.60. The topological polar surface area (TPSA) is 42.0 Å². The first-order chi connectivity index (χ1) is 40.0. The van der Waals surface area contributed by atoms with Gasteiger partial charge in [0.2, 0.25) is 0 Å². The number of benzene rings is 12. The van der Waals surface area contributed by atoms with Gasteiger partial charge in [0.15, 0.2) is 11.2 Å². The molecule has 0 radical (unpaired) electrons. The first-order valence-corrected chi connectivity index (χ1v) is 27.9. The number of hydrogen-bond donors (Lipinski definition) is 0. The van der Waals surface area contributed by atoms with Gasteiger partial charge in [0.25, 0.3) is 0 Å². The summed E-state index contributed by atoms with van der Waals surface area (Å²) in [6.45, 7) is 0. The molecule has 5 nitrogen and oxygen atoms in total. The van der Waals surface area contributed by atoms with E-state index >= 15 is 0 Å². The van der Waals surface area contributed by atoms with Crippen molar-refractivity contribution in [1.82, 2.24) is 0 Å². The lowest BCUT2D eigenvalue weighted by Gasteiger charge is -2.36. The number of aldehydes is 1. The minimum atomic E-state index is -0.805. The maximum atomic E-state index is 11.3. The summed E-state index contributed by atoms with van der Waals surface area (Å²) in [7, 11) is 0. The van der Waals surface area contributed by atoms with Gasteiger partial charge in [0.05, 0.1) is 0 Å². The Morgan fingerprint density at radius 2 is 0.667 bits per heavy atom. The Balaban J connectivity index is 0.000000153. The lowest BCUT2D eigenvalue weighted by Crippen LogP contribution is -2.34. The van der Waals surface area contributed by atoms with E-state index in [9.17, 15) is 4.79 Å². The minimum Gasteiger partial charge on any atom is -0.473 e. The van der Waals surface area contributed by atoms with Gasteiger partial charge in [-0.3, -0.25) is 4.79 Å². The van der Waals surface area contributed by atoms with Gasteiger partial charge in [-0.05, 0) is 143 Å². The zero-order valence-corrected chi connectivity index (χ0v) is 45.7. The van der Waals surface area contributed by atoms with Crippen molar-refractivity contribution in [2.45, 2.75) is 11.2 Å². The maximum Gasteiger partial charge on any atom is 0.178 e. The van der Waals surface area contributed by atoms with Crippen LogP contribution in [0.5, 0.6) is 11.5 Å². The van der Waals surface area contributed by atoms with Crippen LogP contribution in [0.2, 0.25) is 0 Å². The molecule has 2 aliphatic heterocycles. The molecule has 0 spiro atoms. The Labute approximate surface area is 480 Å². The summed E-state index contributed by atoms with van der Waals surface area (Å²) in [6.07, 6.45) is 9.59. The van der Waals surface area contributed by atoms with E-state index in [1.54, 1.807) is 0 Å². The van der Waals surface area contributed by atoms with Gasteiger partial charge < -0.3 is 19.3 Å². The number of nitrogens with zero attached hydrogens (tertiary/aromatic N) is 2. The maximum absolute atomic E-state index is 11.3. The van der Waals surface area contributed by atoms with Crippen LogP contribution < -0.4 is 19.3 Å². The van der Waals surface area contributed by atoms with Crippen molar-refractivity contribution < 1.29 is 14.3 Å². The molecule has 2 heterocycles. The molecule has 2 unspecified atom stereocenters. The highest BCUT2D eigenvalue weighted by Crippen LogP contribution is 2.48. The second kappa shape index (κ2) is 22.0. The number of hydrogen-bond acceptors (Lipinski definition) is 5. The average molecular weight is 1110 g/mol. The lowest BCUT2D eigenvalue weighted by atomic mass is 9.83. The Hall–Kier alpha value is -10.0. The summed E-state index contributed by atoms with van der Waals surface area (Å²) in [5, 5.41) is 4.59. The number of carbonyl (C=O) groups is 1. The Kier molecular flexibility index (Phi) is 13.7. The molecule has 0 fully saturated rings. The Morgan fingerprint density at radius 3 is 1.02 bits per heavy atom. The third kappa shape index (κ3) is 9.77. The van der Waals surface area contributed by atoms with Crippen LogP contribution in [0.3, 0.4) is 0 Å². The van der Waals surface area contributed by atoms with Crippen LogP contribution in [-0.4, -0.2) is 6.29 Å². The summed E-state index contributed by atoms with van der Waals surface area (Å²) in [5.74, 6) is 1.69. The smallest absolute Gasteiger partial charge is 0.178 e. The van der Waals surface area contributed by atoms with Crippen LogP contribution in [0.25, 0.3) is 33.7 Å². The number of halogens is 1. The summed E-state index contributed by atoms with van der Waals surface area (Å²) in [4.78, 5) is 15.9. The molecule has 0 aliphatic carbocycles. The van der Waals surface area contributed by atoms with Crippen LogP contribution in [0.1, 0.15) is 43.7 Å². The first kappa shape index (κ1) is 50.5. The van der Waals surface area contributed by atoms with Crippen LogP contribution >= 0.6 is 15.9 Å². The summed E-state index contributed by atoms with van der Waals surface area (Å²) >= 11 is 3.58. The first-order valence-electron chi connectivity index (χ1n) is 27.1. The standard InChI is InChI=1S/C38H27NO2.C37H26BrNO/c40-27-28-16-19-31(20-17-28)38(30-10-4-1-5-11-30)25-24-36-35-22-21-34(26-29(35)18-23-37(36)41-38)39(32-12-6-2-7-13-32)33-14-8-3-9-15-33;38-30-19-17-29(18-20-30)37(28-10-4-1-5-11-28)25-24-35-34-22-21-33(26-27(34)16-23-36(35)40-37)39(31-12-6-2-7-13-31)32-14-8-3-9-15-32/h1-27H;1-26H. The van der Waals surface area contributed by atoms with Crippen LogP contribution in [0, 0.1) is 0 Å². The van der Waals surface area contributed by atoms with E-state index in [-0.39, 0.29) is 0 Å². The van der Waals surface area contributed by atoms with Crippen molar-refractivity contribution in [1.29, 1.82) is 0 Å². The second-order valence-electron chi connectivity index (χ2n) is 20.1. The fourth-order valence-electron chi connectivity index (χ4n) is 11.3. The number of fused-ring (bicyclic) bond motifs is 6. The molecule has 2 aliphatic rings. The van der Waals surface area contributed by atoms with E-state index in [0.29, 0.717) is 5.56 Å². The third-order valence-electron chi connectivity index (χ3n) is 15.2. The number of rotatable bonds is 11. The van der Waals surface area contributed by atoms with Gasteiger partial charge in [-0.15, -0.1) is 0 Å². The molecule has 388 valence electrons. The molecule has 0 bridgehead atoms. The van der Waals surface area contributed by atoms with Crippen molar-refractivity contribution in [2.24, 2.45) is 0 Å². The molecule has 0 N–H and O–H groups in total. The summed E-state index contributed by atoms with van der Waals surface area (Å²) < 4.78 is 14.9. The lowest BCUT2D eigenvalue weighted by molar-refractivity contribution is 0.112. The second-order valence-corrected chi connectivity index (χ2v) is 21.0. The molecule has 12 aromatic rings. The SMILES string of the molecule is Brc1ccc(C2(c3ccccc3)C=Cc3c(ccc4cc(N(c5ccccc5)c5ccccc5)ccc34)O2)cc1.O=Cc1ccc(C2(c3ccccc3)C=Cc3c(ccc4cc(N(c5ccccc5)c5ccccc5)ccc34)O2)cc1. The van der Waals surface area contributed by atoms with Crippen molar-refractivity contribution in [3.8, 4) is 11.5 Å². The van der Waals surface area contributed by atoms with Crippen molar-refractivity contribution in [3.63, 3.8) is 0 Å². The summed E-state index contributed by atoms with van der Waals surface area (Å²) in [5.41, 5.74) is 12.1. The van der Waals surface area contributed by atoms with Crippen molar-refractivity contribution >= 4 is 90.0 Å². The van der Waals surface area contributed by atoms with E-state index in [1.807, 2.05) is 60.7 Å². The van der Waals surface area contributed by atoms with Crippen LogP contribution in [0.4, 0.5) is 34.1 Å². The molecule has 14 rings (SSSR count). The molecular weight excluding hydrogens is 1060 g/mol. The molecule has 0 amide bonds. The van der Waals surface area contributed by atoms with Gasteiger partial charge in [-0.1, -0.05) is 210 Å². The monoisotopic (exact) mass is 1110 g/mol. The number of ether oxygens (including phenoxy) is 2. The highest BCUT2D eigenvalue weighted by molar-refractivity contribution is 9.10. The third-order valence-corrected chi connectivity index (χ3v) is 15.8. The fraction of sp³-hybridized carbons (Fsp3) is 0.0267. The van der Waals surface area contributed by atoms with Crippen molar-refractivity contribution in [3.05, 3.63) is 347 Å². The number of carbonyl (C=O) groups excluding carboxylic acids is 1. The predicted octanol–water partition coefficient (Wildman–Crippen LogP) is 19.9. The van der Waals surface area contributed by atoms with Gasteiger partial charge in [-0.25, -0.2) is 0 Å². The van der Waals surface area contributed by atoms with E-state index in [2.05, 4.69) is 281 Å². The van der Waals surface area contributed by atoms with Gasteiger partial charge in [0, 0.05) is 77.5 Å². The van der Waals surface area contributed by atoms with Crippen molar-refractivity contribution in [2.75, 3.05) is 9.80 Å². The van der Waals surface area contributed by atoms with Gasteiger partial charge >= 0.3 is 0 Å². The largest absolute Gasteiger partial charge is 0.473 e. The molecule has 81 heavy (non-hydrogen) atoms. The zero-order chi connectivity index (χ0) is 54.6. The molecule has 0 saturated carbocycles. The molecule has 2 atom stereocenters. The Morgan fingerprint density at radius 1 is 0.333 bits per heavy atom. The highest BCUT2D eigenvalue weighted by Gasteiger charge is 2.39. The normalized spacial score (nSPS) is 15.7. The van der Waals surface area contributed by atoms with Gasteiger partial charge in [-0.2, -0.15) is 0 Å². The van der Waals surface area contributed by atoms with Crippen LogP contribution in [0.15, 0.2) is 308 Å². The predicted molar refractivity (Wildman–Crippen MR) is 337 cm³/mol. The summed E-state index contributed by atoms with van der Waals surface area (Å²) in [6, 6.07) is 100. The quantitative estimate of drug-likeness (QED) is 0.121. The van der Waals surface area contributed by atoms with E-state index < -0.39 is 11.2 Å². The molecule has 12 aromatic carbocycles. The van der Waals surface area contributed by atoms with E-state index in [1.165, 1.54) is 0 Å². The Bertz CT molecular complexity index is 4160. The van der Waals surface area contributed by atoms with E-state index in [0.717, 1.165) is 111 Å². The molecule has 0 saturated heterocycles.